The zero-order valence-electron chi connectivity index (χ0n) is 9.02. The molecular weight excluding hydrogens is 296 g/mol. The highest BCUT2D eigenvalue weighted by Gasteiger charge is 1.98. The molecule has 0 bridgehead atoms. The highest BCUT2D eigenvalue weighted by molar-refractivity contribution is 6.43. The van der Waals surface area contributed by atoms with Crippen LogP contribution in [0.1, 0.15) is 0 Å². The SMILES string of the molecule is Clc1ccc(Cl)c(Cl)c1.O=[N+]([O-])c1ccccc1. The molecule has 0 saturated carbocycles. The molecule has 94 valence electrons. The largest absolute Gasteiger partial charge is 0.269 e. The Kier molecular flexibility index (Phi) is 5.92. The number of nitrogens with zero attached hydrogens (tertiary/aromatic N) is 1. The summed E-state index contributed by atoms with van der Waals surface area (Å²) in [5.41, 5.74) is 0.137. The topological polar surface area (TPSA) is 43.1 Å². The van der Waals surface area contributed by atoms with E-state index < -0.39 is 4.92 Å². The minimum Gasteiger partial charge on any atom is -0.258 e. The van der Waals surface area contributed by atoms with Gasteiger partial charge in [-0.15, -0.1) is 0 Å². The third kappa shape index (κ3) is 4.92. The number of non-ortho nitro benzene ring substituents is 1. The molecule has 0 radical (unpaired) electrons. The molecular formula is C12H8Cl3NO2. The van der Waals surface area contributed by atoms with Crippen molar-refractivity contribution in [3.63, 3.8) is 0 Å². The summed E-state index contributed by atoms with van der Waals surface area (Å²) < 4.78 is 0. The van der Waals surface area contributed by atoms with E-state index in [4.69, 9.17) is 34.8 Å². The number of benzene rings is 2. The van der Waals surface area contributed by atoms with Gasteiger partial charge in [-0.05, 0) is 18.2 Å². The second-order valence-electron chi connectivity index (χ2n) is 3.15. The summed E-state index contributed by atoms with van der Waals surface area (Å²) in [4.78, 5) is 9.59. The van der Waals surface area contributed by atoms with E-state index in [-0.39, 0.29) is 5.69 Å². The first-order chi connectivity index (χ1) is 8.50. The van der Waals surface area contributed by atoms with Crippen molar-refractivity contribution in [2.45, 2.75) is 0 Å². The van der Waals surface area contributed by atoms with Crippen LogP contribution < -0.4 is 0 Å². The van der Waals surface area contributed by atoms with Crippen LogP contribution >= 0.6 is 34.8 Å². The van der Waals surface area contributed by atoms with Crippen molar-refractivity contribution in [3.8, 4) is 0 Å². The monoisotopic (exact) mass is 303 g/mol. The van der Waals surface area contributed by atoms with Crippen molar-refractivity contribution in [2.75, 3.05) is 0 Å². The van der Waals surface area contributed by atoms with Crippen molar-refractivity contribution >= 4 is 40.5 Å². The van der Waals surface area contributed by atoms with Gasteiger partial charge in [0.15, 0.2) is 0 Å². The Balaban J connectivity index is 0.000000180. The fourth-order valence-electron chi connectivity index (χ4n) is 1.02. The average molecular weight is 305 g/mol. The Hall–Kier alpha value is -1.29. The fraction of sp³-hybridized carbons (Fsp3) is 0. The predicted octanol–water partition coefficient (Wildman–Crippen LogP) is 5.24. The average Bonchev–Trinajstić information content (AvgIpc) is 2.36. The van der Waals surface area contributed by atoms with Crippen LogP contribution in [0.4, 0.5) is 5.69 Å². The van der Waals surface area contributed by atoms with Gasteiger partial charge >= 0.3 is 0 Å². The Morgan fingerprint density at radius 2 is 1.50 bits per heavy atom. The van der Waals surface area contributed by atoms with E-state index in [0.29, 0.717) is 15.1 Å². The molecule has 0 N–H and O–H groups in total. The van der Waals surface area contributed by atoms with Gasteiger partial charge in [0.25, 0.3) is 5.69 Å². The quantitative estimate of drug-likeness (QED) is 0.410. The van der Waals surface area contributed by atoms with Crippen LogP contribution in [-0.2, 0) is 0 Å². The molecule has 2 aromatic carbocycles. The zero-order valence-corrected chi connectivity index (χ0v) is 11.3. The summed E-state index contributed by atoms with van der Waals surface area (Å²) in [6, 6.07) is 12.9. The molecule has 0 aliphatic rings. The molecule has 0 aliphatic heterocycles. The first-order valence-corrected chi connectivity index (χ1v) is 5.94. The number of rotatable bonds is 1. The van der Waals surface area contributed by atoms with Crippen molar-refractivity contribution < 1.29 is 4.92 Å². The first-order valence-electron chi connectivity index (χ1n) is 4.80. The van der Waals surface area contributed by atoms with Gasteiger partial charge in [0, 0.05) is 17.2 Å². The molecule has 0 aliphatic carbocycles. The number of nitro benzene ring substituents is 1. The van der Waals surface area contributed by atoms with Crippen molar-refractivity contribution in [1.82, 2.24) is 0 Å². The van der Waals surface area contributed by atoms with Gasteiger partial charge in [0.05, 0.1) is 15.0 Å². The maximum Gasteiger partial charge on any atom is 0.269 e. The normalized spacial score (nSPS) is 9.28. The third-order valence-corrected chi connectivity index (χ3v) is 2.82. The minimum atomic E-state index is -0.417. The lowest BCUT2D eigenvalue weighted by atomic mass is 10.3. The van der Waals surface area contributed by atoms with Crippen LogP contribution in [0, 0.1) is 10.1 Å². The summed E-state index contributed by atoms with van der Waals surface area (Å²) in [7, 11) is 0. The fourth-order valence-corrected chi connectivity index (χ4v) is 1.55. The molecule has 0 amide bonds. The summed E-state index contributed by atoms with van der Waals surface area (Å²) >= 11 is 16.8. The maximum atomic E-state index is 10.0. The van der Waals surface area contributed by atoms with E-state index in [9.17, 15) is 10.1 Å². The second kappa shape index (κ2) is 7.21. The number of nitro groups is 1. The lowest BCUT2D eigenvalue weighted by molar-refractivity contribution is -0.384. The molecule has 0 spiro atoms. The van der Waals surface area contributed by atoms with Crippen molar-refractivity contribution in [2.24, 2.45) is 0 Å². The Bertz CT molecular complexity index is 532. The molecule has 6 heteroatoms. The van der Waals surface area contributed by atoms with Gasteiger partial charge < -0.3 is 0 Å². The Morgan fingerprint density at radius 3 is 1.89 bits per heavy atom. The van der Waals surface area contributed by atoms with Crippen molar-refractivity contribution in [1.29, 1.82) is 0 Å². The molecule has 2 rings (SSSR count). The van der Waals surface area contributed by atoms with Crippen LogP contribution in [0.5, 0.6) is 0 Å². The van der Waals surface area contributed by atoms with Gasteiger partial charge in [-0.3, -0.25) is 10.1 Å². The van der Waals surface area contributed by atoms with E-state index in [1.54, 1.807) is 36.4 Å². The summed E-state index contributed by atoms with van der Waals surface area (Å²) in [5.74, 6) is 0. The number of para-hydroxylation sites is 1. The van der Waals surface area contributed by atoms with Gasteiger partial charge in [-0.2, -0.15) is 0 Å². The zero-order chi connectivity index (χ0) is 13.5. The summed E-state index contributed by atoms with van der Waals surface area (Å²) in [6.07, 6.45) is 0. The lowest BCUT2D eigenvalue weighted by Gasteiger charge is -1.92. The lowest BCUT2D eigenvalue weighted by Crippen LogP contribution is -1.84. The van der Waals surface area contributed by atoms with Crippen LogP contribution in [0.2, 0.25) is 15.1 Å². The highest BCUT2D eigenvalue weighted by atomic mass is 35.5. The minimum absolute atomic E-state index is 0.137. The standard InChI is InChI=1S/C6H3Cl3.C6H5NO2/c7-4-1-2-5(8)6(9)3-4;8-7(9)6-4-2-1-3-5-6/h1-3H;1-5H. The van der Waals surface area contributed by atoms with Gasteiger partial charge in [-0.25, -0.2) is 0 Å². The van der Waals surface area contributed by atoms with E-state index in [2.05, 4.69) is 0 Å². The number of hydrogen-bond donors (Lipinski definition) is 0. The Labute approximate surface area is 119 Å². The van der Waals surface area contributed by atoms with Gasteiger partial charge in [0.1, 0.15) is 0 Å². The molecule has 0 heterocycles. The van der Waals surface area contributed by atoms with Crippen LogP contribution in [-0.4, -0.2) is 4.92 Å². The maximum absolute atomic E-state index is 10.0. The summed E-state index contributed by atoms with van der Waals surface area (Å²) in [6.45, 7) is 0. The van der Waals surface area contributed by atoms with E-state index in [0.717, 1.165) is 0 Å². The highest BCUT2D eigenvalue weighted by Crippen LogP contribution is 2.24. The second-order valence-corrected chi connectivity index (χ2v) is 4.40. The first kappa shape index (κ1) is 14.8. The molecule has 18 heavy (non-hydrogen) atoms. The van der Waals surface area contributed by atoms with Gasteiger partial charge in [-0.1, -0.05) is 53.0 Å². The third-order valence-electron chi connectivity index (χ3n) is 1.85. The van der Waals surface area contributed by atoms with Crippen LogP contribution in [0.25, 0.3) is 0 Å². The predicted molar refractivity (Wildman–Crippen MR) is 74.6 cm³/mol. The smallest absolute Gasteiger partial charge is 0.258 e. The van der Waals surface area contributed by atoms with E-state index >= 15 is 0 Å². The van der Waals surface area contributed by atoms with Gasteiger partial charge in [0.2, 0.25) is 0 Å². The number of halogens is 3. The van der Waals surface area contributed by atoms with Crippen LogP contribution in [0.3, 0.4) is 0 Å². The molecule has 0 aromatic heterocycles. The molecule has 2 aromatic rings. The van der Waals surface area contributed by atoms with Crippen LogP contribution in [0.15, 0.2) is 48.5 Å². The van der Waals surface area contributed by atoms with E-state index in [1.165, 1.54) is 12.1 Å². The summed E-state index contributed by atoms with van der Waals surface area (Å²) in [5, 5.41) is 11.6. The molecule has 0 saturated heterocycles. The molecule has 0 atom stereocenters. The molecule has 0 fully saturated rings. The molecule has 0 unspecified atom stereocenters. The molecule has 3 nitrogen and oxygen atoms in total. The Morgan fingerprint density at radius 1 is 0.889 bits per heavy atom. The van der Waals surface area contributed by atoms with E-state index in [1.807, 2.05) is 0 Å². The number of hydrogen-bond acceptors (Lipinski definition) is 2. The van der Waals surface area contributed by atoms with Crippen molar-refractivity contribution in [3.05, 3.63) is 73.7 Å².